The fourth-order valence-corrected chi connectivity index (χ4v) is 3.77. The minimum atomic E-state index is -0.476. The van der Waals surface area contributed by atoms with E-state index < -0.39 is 5.97 Å². The highest BCUT2D eigenvalue weighted by Crippen LogP contribution is 2.28. The number of carbonyl (C=O) groups is 2. The molecule has 2 aromatic carbocycles. The zero-order valence-corrected chi connectivity index (χ0v) is 17.9. The van der Waals surface area contributed by atoms with Crippen molar-refractivity contribution in [2.45, 2.75) is 26.8 Å². The van der Waals surface area contributed by atoms with E-state index in [1.165, 1.54) is 0 Å². The molecule has 0 fully saturated rings. The van der Waals surface area contributed by atoms with E-state index in [4.69, 9.17) is 9.47 Å². The average Bonchev–Trinajstić information content (AvgIpc) is 3.18. The van der Waals surface area contributed by atoms with Gasteiger partial charge in [-0.1, -0.05) is 17.7 Å². The molecular weight excluding hydrogens is 394 g/mol. The third kappa shape index (κ3) is 4.03. The lowest BCUT2D eigenvalue weighted by Gasteiger charge is -2.28. The van der Waals surface area contributed by atoms with Gasteiger partial charge in [-0.05, 0) is 50.2 Å². The van der Waals surface area contributed by atoms with Crippen LogP contribution in [0.4, 0.5) is 0 Å². The lowest BCUT2D eigenvalue weighted by Crippen LogP contribution is -2.36. The molecule has 1 aliphatic heterocycles. The quantitative estimate of drug-likeness (QED) is 0.591. The highest BCUT2D eigenvalue weighted by molar-refractivity contribution is 5.95. The van der Waals surface area contributed by atoms with Crippen molar-refractivity contribution in [1.29, 1.82) is 0 Å². The first-order chi connectivity index (χ1) is 15.0. The van der Waals surface area contributed by atoms with E-state index in [-0.39, 0.29) is 18.2 Å². The van der Waals surface area contributed by atoms with Crippen LogP contribution in [0.1, 0.15) is 44.6 Å². The Morgan fingerprint density at radius 2 is 1.77 bits per heavy atom. The lowest BCUT2D eigenvalue weighted by atomic mass is 10.0. The molecule has 4 rings (SSSR count). The summed E-state index contributed by atoms with van der Waals surface area (Å²) < 4.78 is 12.2. The van der Waals surface area contributed by atoms with E-state index in [1.807, 2.05) is 55.5 Å². The maximum atomic E-state index is 13.0. The van der Waals surface area contributed by atoms with Crippen molar-refractivity contribution in [2.75, 3.05) is 20.3 Å². The van der Waals surface area contributed by atoms with Crippen molar-refractivity contribution in [3.8, 4) is 11.4 Å². The molecule has 1 amide bonds. The Bertz CT molecular complexity index is 1100. The summed E-state index contributed by atoms with van der Waals surface area (Å²) in [6.45, 7) is 4.86. The Morgan fingerprint density at radius 1 is 1.06 bits per heavy atom. The zero-order valence-electron chi connectivity index (χ0n) is 17.9. The molecule has 0 spiro atoms. The molecule has 2 heterocycles. The lowest BCUT2D eigenvalue weighted by molar-refractivity contribution is 0.0513. The van der Waals surface area contributed by atoms with Gasteiger partial charge in [-0.25, -0.2) is 9.48 Å². The topological polar surface area (TPSA) is 73.7 Å². The maximum absolute atomic E-state index is 13.0. The summed E-state index contributed by atoms with van der Waals surface area (Å²) in [5.41, 5.74) is 4.47. The first kappa shape index (κ1) is 20.7. The van der Waals surface area contributed by atoms with Gasteiger partial charge < -0.3 is 14.4 Å². The zero-order chi connectivity index (χ0) is 22.0. The molecule has 160 valence electrons. The molecule has 1 aromatic heterocycles. The van der Waals surface area contributed by atoms with Crippen LogP contribution >= 0.6 is 0 Å². The number of hydrogen-bond acceptors (Lipinski definition) is 5. The van der Waals surface area contributed by atoms with Crippen molar-refractivity contribution < 1.29 is 19.1 Å². The van der Waals surface area contributed by atoms with Crippen LogP contribution in [0, 0.1) is 6.92 Å². The van der Waals surface area contributed by atoms with Crippen LogP contribution < -0.4 is 4.74 Å². The van der Waals surface area contributed by atoms with Crippen LogP contribution in [0.25, 0.3) is 5.69 Å². The van der Waals surface area contributed by atoms with Gasteiger partial charge in [0.05, 0.1) is 31.6 Å². The van der Waals surface area contributed by atoms with Gasteiger partial charge >= 0.3 is 5.97 Å². The number of benzene rings is 2. The van der Waals surface area contributed by atoms with E-state index in [2.05, 4.69) is 5.10 Å². The summed E-state index contributed by atoms with van der Waals surface area (Å²) in [6, 6.07) is 15.0. The third-order valence-corrected chi connectivity index (χ3v) is 5.43. The van der Waals surface area contributed by atoms with Crippen molar-refractivity contribution in [3.63, 3.8) is 0 Å². The standard InChI is InChI=1S/C24H25N3O4/c1-4-31-24(29)22-20-15-26(23(28)17-7-5-16(2)6-8-17)14-13-21(20)27(25-22)18-9-11-19(30-3)12-10-18/h5-12H,4,13-15H2,1-3H3. The predicted octanol–water partition coefficient (Wildman–Crippen LogP) is 3.56. The second-order valence-electron chi connectivity index (χ2n) is 7.45. The van der Waals surface area contributed by atoms with E-state index in [9.17, 15) is 9.59 Å². The molecule has 0 saturated heterocycles. The Balaban J connectivity index is 1.70. The predicted molar refractivity (Wildman–Crippen MR) is 116 cm³/mol. The fourth-order valence-electron chi connectivity index (χ4n) is 3.77. The molecule has 0 bridgehead atoms. The highest BCUT2D eigenvalue weighted by atomic mass is 16.5. The van der Waals surface area contributed by atoms with Crippen LogP contribution in [-0.4, -0.2) is 46.8 Å². The van der Waals surface area contributed by atoms with Crippen molar-refractivity contribution in [1.82, 2.24) is 14.7 Å². The number of carbonyl (C=O) groups excluding carboxylic acids is 2. The van der Waals surface area contributed by atoms with Gasteiger partial charge in [-0.3, -0.25) is 4.79 Å². The number of ether oxygens (including phenoxy) is 2. The first-order valence-electron chi connectivity index (χ1n) is 10.3. The first-order valence-corrected chi connectivity index (χ1v) is 10.3. The Hall–Kier alpha value is -3.61. The fraction of sp³-hybridized carbons (Fsp3) is 0.292. The second-order valence-corrected chi connectivity index (χ2v) is 7.45. The largest absolute Gasteiger partial charge is 0.497 e. The van der Waals surface area contributed by atoms with Gasteiger partial charge in [0.15, 0.2) is 5.69 Å². The molecule has 0 atom stereocenters. The number of amides is 1. The van der Waals surface area contributed by atoms with Gasteiger partial charge in [-0.15, -0.1) is 0 Å². The van der Waals surface area contributed by atoms with E-state index in [0.717, 1.165) is 28.3 Å². The van der Waals surface area contributed by atoms with E-state index >= 15 is 0 Å². The summed E-state index contributed by atoms with van der Waals surface area (Å²) in [4.78, 5) is 27.4. The minimum absolute atomic E-state index is 0.0577. The summed E-state index contributed by atoms with van der Waals surface area (Å²) >= 11 is 0. The molecular formula is C24H25N3O4. The summed E-state index contributed by atoms with van der Waals surface area (Å²) in [5.74, 6) is 0.207. The van der Waals surface area contributed by atoms with Crippen molar-refractivity contribution in [2.24, 2.45) is 0 Å². The van der Waals surface area contributed by atoms with Gasteiger partial charge in [0.2, 0.25) is 0 Å². The average molecular weight is 419 g/mol. The van der Waals surface area contributed by atoms with Gasteiger partial charge in [0, 0.05) is 24.1 Å². The Kier molecular flexibility index (Phi) is 5.75. The SMILES string of the molecule is CCOC(=O)c1nn(-c2ccc(OC)cc2)c2c1CN(C(=O)c1ccc(C)cc1)CC2. The van der Waals surface area contributed by atoms with Gasteiger partial charge in [0.25, 0.3) is 5.91 Å². The van der Waals surface area contributed by atoms with Crippen LogP contribution in [0.2, 0.25) is 0 Å². The number of aryl methyl sites for hydroxylation is 1. The monoisotopic (exact) mass is 419 g/mol. The smallest absolute Gasteiger partial charge is 0.359 e. The number of aromatic nitrogens is 2. The third-order valence-electron chi connectivity index (χ3n) is 5.43. The van der Waals surface area contributed by atoms with E-state index in [0.29, 0.717) is 25.1 Å². The second kappa shape index (κ2) is 8.63. The summed E-state index contributed by atoms with van der Waals surface area (Å²) in [6.07, 6.45) is 0.589. The van der Waals surface area contributed by atoms with Gasteiger partial charge in [-0.2, -0.15) is 5.10 Å². The molecule has 0 N–H and O–H groups in total. The molecule has 0 radical (unpaired) electrons. The molecule has 7 heteroatoms. The number of esters is 1. The van der Waals surface area contributed by atoms with E-state index in [1.54, 1.807) is 23.6 Å². The molecule has 31 heavy (non-hydrogen) atoms. The molecule has 0 saturated carbocycles. The van der Waals surface area contributed by atoms with Crippen LogP contribution in [0.5, 0.6) is 5.75 Å². The van der Waals surface area contributed by atoms with Crippen LogP contribution in [0.3, 0.4) is 0 Å². The highest BCUT2D eigenvalue weighted by Gasteiger charge is 2.31. The number of rotatable bonds is 5. The minimum Gasteiger partial charge on any atom is -0.497 e. The Morgan fingerprint density at radius 3 is 2.42 bits per heavy atom. The summed E-state index contributed by atoms with van der Waals surface area (Å²) in [7, 11) is 1.61. The van der Waals surface area contributed by atoms with Gasteiger partial charge in [0.1, 0.15) is 5.75 Å². The number of methoxy groups -OCH3 is 1. The normalized spacial score (nSPS) is 12.9. The van der Waals surface area contributed by atoms with Crippen molar-refractivity contribution in [3.05, 3.63) is 76.6 Å². The van der Waals surface area contributed by atoms with Crippen molar-refractivity contribution >= 4 is 11.9 Å². The molecule has 1 aliphatic rings. The number of fused-ring (bicyclic) bond motifs is 1. The molecule has 0 unspecified atom stereocenters. The molecule has 7 nitrogen and oxygen atoms in total. The van der Waals surface area contributed by atoms with Crippen LogP contribution in [-0.2, 0) is 17.7 Å². The van der Waals surface area contributed by atoms with Crippen LogP contribution in [0.15, 0.2) is 48.5 Å². The molecule has 0 aliphatic carbocycles. The molecule has 3 aromatic rings. The summed E-state index contributed by atoms with van der Waals surface area (Å²) in [5, 5.41) is 4.58. The Labute approximate surface area is 181 Å². The number of nitrogens with zero attached hydrogens (tertiary/aromatic N) is 3. The maximum Gasteiger partial charge on any atom is 0.359 e. The number of hydrogen-bond donors (Lipinski definition) is 0.